The first kappa shape index (κ1) is 20.4. The largest absolute Gasteiger partial charge is 0.329 e. The van der Waals surface area contributed by atoms with Crippen LogP contribution in [0.15, 0.2) is 79.0 Å². The van der Waals surface area contributed by atoms with Gasteiger partial charge in [-0.05, 0) is 48.0 Å². The summed E-state index contributed by atoms with van der Waals surface area (Å²) >= 11 is 0. The molecule has 0 saturated carbocycles. The summed E-state index contributed by atoms with van der Waals surface area (Å²) in [6.45, 7) is 0. The number of anilines is 1. The summed E-state index contributed by atoms with van der Waals surface area (Å²) < 4.78 is 13.0. The average Bonchev–Trinajstić information content (AvgIpc) is 2.74. The molecule has 30 heavy (non-hydrogen) atoms. The fourth-order valence-corrected chi connectivity index (χ4v) is 2.62. The molecule has 8 heteroatoms. The van der Waals surface area contributed by atoms with Crippen molar-refractivity contribution in [2.75, 3.05) is 5.32 Å². The Morgan fingerprint density at radius 2 is 1.67 bits per heavy atom. The molecular weight excluding hydrogens is 389 g/mol. The van der Waals surface area contributed by atoms with Crippen LogP contribution in [0.25, 0.3) is 6.08 Å². The van der Waals surface area contributed by atoms with Gasteiger partial charge in [-0.1, -0.05) is 24.3 Å². The van der Waals surface area contributed by atoms with E-state index in [4.69, 9.17) is 0 Å². The van der Waals surface area contributed by atoms with E-state index >= 15 is 0 Å². The molecule has 150 valence electrons. The van der Waals surface area contributed by atoms with Crippen LogP contribution < -0.4 is 10.6 Å². The third-order valence-electron chi connectivity index (χ3n) is 4.10. The zero-order valence-corrected chi connectivity index (χ0v) is 15.5. The summed E-state index contributed by atoms with van der Waals surface area (Å²) in [5.41, 5.74) is 1.24. The van der Waals surface area contributed by atoms with Crippen LogP contribution in [-0.2, 0) is 0 Å². The van der Waals surface area contributed by atoms with Gasteiger partial charge in [0.1, 0.15) is 5.82 Å². The van der Waals surface area contributed by atoms with E-state index in [0.29, 0.717) is 5.56 Å². The number of hydrogen-bond acceptors (Lipinski definition) is 4. The molecule has 0 aliphatic carbocycles. The van der Waals surface area contributed by atoms with Crippen molar-refractivity contribution in [2.24, 2.45) is 0 Å². The molecule has 0 spiro atoms. The van der Waals surface area contributed by atoms with Crippen molar-refractivity contribution < 1.29 is 18.9 Å². The average molecular weight is 405 g/mol. The molecule has 3 aromatic carbocycles. The number of hydrogen-bond donors (Lipinski definition) is 2. The highest BCUT2D eigenvalue weighted by Crippen LogP contribution is 2.17. The molecule has 0 aliphatic rings. The maximum absolute atomic E-state index is 13.0. The molecule has 7 nitrogen and oxygen atoms in total. The lowest BCUT2D eigenvalue weighted by Gasteiger charge is -2.10. The second kappa shape index (κ2) is 9.24. The molecule has 0 unspecified atom stereocenters. The van der Waals surface area contributed by atoms with Crippen LogP contribution >= 0.6 is 0 Å². The van der Waals surface area contributed by atoms with Crippen molar-refractivity contribution in [1.82, 2.24) is 5.32 Å². The van der Waals surface area contributed by atoms with E-state index in [-0.39, 0.29) is 22.5 Å². The molecule has 0 aliphatic heterocycles. The van der Waals surface area contributed by atoms with Gasteiger partial charge in [0.25, 0.3) is 17.5 Å². The van der Waals surface area contributed by atoms with Gasteiger partial charge in [0.2, 0.25) is 0 Å². The lowest BCUT2D eigenvalue weighted by atomic mass is 10.1. The van der Waals surface area contributed by atoms with Crippen LogP contribution in [0.4, 0.5) is 15.8 Å². The standard InChI is InChI=1S/C22H16FN3O4/c23-17-10-8-16(9-11-17)21(27)25-20-7-2-1-6-19(20)22(28)24-13-12-15-4-3-5-18(14-15)26(29)30/h1-14H,(H,24,28)(H,25,27)/b13-12+. The topological polar surface area (TPSA) is 101 Å². The van der Waals surface area contributed by atoms with Crippen LogP contribution in [-0.4, -0.2) is 16.7 Å². The van der Waals surface area contributed by atoms with Gasteiger partial charge in [0, 0.05) is 23.9 Å². The molecule has 0 atom stereocenters. The second-order valence-corrected chi connectivity index (χ2v) is 6.17. The summed E-state index contributed by atoms with van der Waals surface area (Å²) in [5.74, 6) is -1.42. The summed E-state index contributed by atoms with van der Waals surface area (Å²) in [7, 11) is 0. The Kier molecular flexibility index (Phi) is 6.29. The molecule has 2 N–H and O–H groups in total. The Morgan fingerprint density at radius 3 is 2.40 bits per heavy atom. The number of carbonyl (C=O) groups excluding carboxylic acids is 2. The third-order valence-corrected chi connectivity index (χ3v) is 4.10. The van der Waals surface area contributed by atoms with Gasteiger partial charge in [-0.25, -0.2) is 4.39 Å². The predicted molar refractivity (Wildman–Crippen MR) is 110 cm³/mol. The van der Waals surface area contributed by atoms with Gasteiger partial charge >= 0.3 is 0 Å². The predicted octanol–water partition coefficient (Wildman–Crippen LogP) is 4.39. The maximum atomic E-state index is 13.0. The zero-order valence-electron chi connectivity index (χ0n) is 15.5. The molecule has 0 heterocycles. The quantitative estimate of drug-likeness (QED) is 0.469. The monoisotopic (exact) mass is 405 g/mol. The van der Waals surface area contributed by atoms with Crippen molar-refractivity contribution >= 4 is 29.3 Å². The summed E-state index contributed by atoms with van der Waals surface area (Å²) in [6.07, 6.45) is 2.88. The summed E-state index contributed by atoms with van der Waals surface area (Å²) in [6, 6.07) is 17.4. The Bertz CT molecular complexity index is 1130. The van der Waals surface area contributed by atoms with Gasteiger partial charge in [-0.2, -0.15) is 0 Å². The number of nitrogens with zero attached hydrogens (tertiary/aromatic N) is 1. The van der Waals surface area contributed by atoms with Gasteiger partial charge < -0.3 is 10.6 Å². The second-order valence-electron chi connectivity index (χ2n) is 6.17. The van der Waals surface area contributed by atoms with Crippen LogP contribution in [0.2, 0.25) is 0 Å². The van der Waals surface area contributed by atoms with Crippen molar-refractivity contribution in [3.8, 4) is 0 Å². The minimum absolute atomic E-state index is 0.0580. The Morgan fingerprint density at radius 1 is 0.933 bits per heavy atom. The molecule has 0 radical (unpaired) electrons. The molecule has 2 amide bonds. The van der Waals surface area contributed by atoms with E-state index in [9.17, 15) is 24.1 Å². The number of benzene rings is 3. The normalized spacial score (nSPS) is 10.6. The van der Waals surface area contributed by atoms with E-state index in [0.717, 1.165) is 0 Å². The van der Waals surface area contributed by atoms with Crippen molar-refractivity contribution in [1.29, 1.82) is 0 Å². The fraction of sp³-hybridized carbons (Fsp3) is 0. The minimum atomic E-state index is -0.504. The Labute approximate surface area is 171 Å². The highest BCUT2D eigenvalue weighted by Gasteiger charge is 2.13. The first-order valence-corrected chi connectivity index (χ1v) is 8.82. The Balaban J connectivity index is 1.71. The number of rotatable bonds is 6. The molecule has 0 saturated heterocycles. The van der Waals surface area contributed by atoms with Gasteiger partial charge in [0.15, 0.2) is 0 Å². The highest BCUT2D eigenvalue weighted by molar-refractivity contribution is 6.09. The minimum Gasteiger partial charge on any atom is -0.329 e. The Hall–Kier alpha value is -4.33. The van der Waals surface area contributed by atoms with Crippen molar-refractivity contribution in [3.05, 3.63) is 112 Å². The maximum Gasteiger partial charge on any atom is 0.270 e. The molecule has 3 aromatic rings. The smallest absolute Gasteiger partial charge is 0.270 e. The van der Waals surface area contributed by atoms with Gasteiger partial charge in [-0.3, -0.25) is 19.7 Å². The number of amides is 2. The van der Waals surface area contributed by atoms with Crippen molar-refractivity contribution in [2.45, 2.75) is 0 Å². The van der Waals surface area contributed by atoms with Crippen LogP contribution in [0, 0.1) is 15.9 Å². The number of non-ortho nitro benzene ring substituents is 1. The SMILES string of the molecule is O=C(Nc1ccccc1C(=O)N/C=C/c1cccc([N+](=O)[O-])c1)c1ccc(F)cc1. The van der Waals surface area contributed by atoms with Crippen LogP contribution in [0.3, 0.4) is 0 Å². The van der Waals surface area contributed by atoms with E-state index in [1.54, 1.807) is 30.3 Å². The molecule has 0 bridgehead atoms. The van der Waals surface area contributed by atoms with Gasteiger partial charge in [0.05, 0.1) is 16.2 Å². The molecular formula is C22H16FN3O4. The van der Waals surface area contributed by atoms with E-state index in [1.165, 1.54) is 54.7 Å². The number of nitrogens with one attached hydrogen (secondary N) is 2. The van der Waals surface area contributed by atoms with Crippen LogP contribution in [0.1, 0.15) is 26.3 Å². The van der Waals surface area contributed by atoms with Gasteiger partial charge in [-0.15, -0.1) is 0 Å². The summed E-state index contributed by atoms with van der Waals surface area (Å²) in [4.78, 5) is 35.2. The molecule has 0 fully saturated rings. The molecule has 0 aromatic heterocycles. The lowest BCUT2D eigenvalue weighted by molar-refractivity contribution is -0.384. The van der Waals surface area contributed by atoms with E-state index in [2.05, 4.69) is 10.6 Å². The number of carbonyl (C=O) groups is 2. The summed E-state index contributed by atoms with van der Waals surface area (Å²) in [5, 5.41) is 16.0. The number of nitro benzene ring substituents is 1. The fourth-order valence-electron chi connectivity index (χ4n) is 2.62. The first-order chi connectivity index (χ1) is 14.4. The highest BCUT2D eigenvalue weighted by atomic mass is 19.1. The third kappa shape index (κ3) is 5.14. The lowest BCUT2D eigenvalue weighted by Crippen LogP contribution is -2.21. The first-order valence-electron chi connectivity index (χ1n) is 8.82. The van der Waals surface area contributed by atoms with Crippen molar-refractivity contribution in [3.63, 3.8) is 0 Å². The van der Waals surface area contributed by atoms with Crippen LogP contribution in [0.5, 0.6) is 0 Å². The number of para-hydroxylation sites is 1. The molecule has 3 rings (SSSR count). The van der Waals surface area contributed by atoms with E-state index in [1.807, 2.05) is 0 Å². The number of nitro groups is 1. The zero-order chi connectivity index (χ0) is 21.5. The van der Waals surface area contributed by atoms with E-state index < -0.39 is 22.6 Å². The number of halogens is 1.